The first-order chi connectivity index (χ1) is 13.0. The predicted octanol–water partition coefficient (Wildman–Crippen LogP) is 2.14. The van der Waals surface area contributed by atoms with Crippen molar-refractivity contribution >= 4 is 32.4 Å². The number of hydrogen-bond acceptors (Lipinski definition) is 4. The Morgan fingerprint density at radius 3 is 2.74 bits per heavy atom. The number of rotatable bonds is 6. The summed E-state index contributed by atoms with van der Waals surface area (Å²) in [7, 11) is -3.75. The molecular formula is C19H20N4O3S. The van der Waals surface area contributed by atoms with Crippen LogP contribution in [0, 0.1) is 0 Å². The number of benzene rings is 2. The normalized spacial score (nSPS) is 15.8. The number of imidazole rings is 1. The maximum atomic E-state index is 13.0. The molecule has 1 atom stereocenters. The van der Waals surface area contributed by atoms with Crippen molar-refractivity contribution in [1.29, 1.82) is 0 Å². The number of hydrogen-bond donors (Lipinski definition) is 1. The van der Waals surface area contributed by atoms with E-state index in [2.05, 4.69) is 10.3 Å². The average Bonchev–Trinajstić information content (AvgIpc) is 3.25. The van der Waals surface area contributed by atoms with Gasteiger partial charge in [0.1, 0.15) is 6.04 Å². The van der Waals surface area contributed by atoms with Crippen LogP contribution in [0.4, 0.5) is 5.69 Å². The highest BCUT2D eigenvalue weighted by atomic mass is 32.2. The number of sulfonamides is 1. The molecule has 0 bridgehead atoms. The van der Waals surface area contributed by atoms with Crippen LogP contribution >= 0.6 is 0 Å². The predicted molar refractivity (Wildman–Crippen MR) is 103 cm³/mol. The van der Waals surface area contributed by atoms with Crippen LogP contribution in [0.1, 0.15) is 13.3 Å². The fourth-order valence-electron chi connectivity index (χ4n) is 3.48. The minimum absolute atomic E-state index is 0.260. The first-order valence-corrected chi connectivity index (χ1v) is 10.2. The molecule has 140 valence electrons. The monoisotopic (exact) mass is 384 g/mol. The van der Waals surface area contributed by atoms with Gasteiger partial charge in [-0.3, -0.25) is 9.10 Å². The molecule has 0 saturated carbocycles. The summed E-state index contributed by atoms with van der Waals surface area (Å²) in [4.78, 5) is 16.8. The fraction of sp³-hybridized carbons (Fsp3) is 0.263. The number of nitrogens with one attached hydrogen (secondary N) is 1. The van der Waals surface area contributed by atoms with Crippen LogP contribution in [-0.2, 0) is 21.4 Å². The summed E-state index contributed by atoms with van der Waals surface area (Å²) in [5, 5.41) is 4.37. The number of aromatic nitrogens is 2. The number of amides is 1. The van der Waals surface area contributed by atoms with Gasteiger partial charge < -0.3 is 9.88 Å². The Kier molecular flexibility index (Phi) is 4.35. The van der Waals surface area contributed by atoms with Gasteiger partial charge >= 0.3 is 0 Å². The van der Waals surface area contributed by atoms with Gasteiger partial charge in [0, 0.05) is 30.9 Å². The third-order valence-corrected chi connectivity index (χ3v) is 6.73. The topological polar surface area (TPSA) is 84.3 Å². The van der Waals surface area contributed by atoms with Crippen LogP contribution in [0.15, 0.2) is 60.0 Å². The number of aryl methyl sites for hydroxylation is 1. The lowest BCUT2D eigenvalue weighted by molar-refractivity contribution is -0.121. The van der Waals surface area contributed by atoms with Crippen molar-refractivity contribution in [2.75, 3.05) is 10.8 Å². The Labute approximate surface area is 157 Å². The molecule has 0 unspecified atom stereocenters. The van der Waals surface area contributed by atoms with Crippen LogP contribution in [-0.4, -0.2) is 36.5 Å². The first kappa shape index (κ1) is 17.5. The van der Waals surface area contributed by atoms with E-state index in [1.807, 2.05) is 29.0 Å². The van der Waals surface area contributed by atoms with E-state index in [4.69, 9.17) is 0 Å². The van der Waals surface area contributed by atoms with Gasteiger partial charge in [0.25, 0.3) is 10.0 Å². The second-order valence-corrected chi connectivity index (χ2v) is 8.34. The van der Waals surface area contributed by atoms with Gasteiger partial charge in [0.15, 0.2) is 0 Å². The summed E-state index contributed by atoms with van der Waals surface area (Å²) in [6.07, 6.45) is 6.02. The Balaban J connectivity index is 1.51. The lowest BCUT2D eigenvalue weighted by Gasteiger charge is -2.25. The van der Waals surface area contributed by atoms with Gasteiger partial charge in [-0.05, 0) is 30.9 Å². The number of carbonyl (C=O) groups excluding carboxylic acids is 1. The number of anilines is 1. The summed E-state index contributed by atoms with van der Waals surface area (Å²) in [6.45, 7) is 2.82. The molecule has 0 aliphatic carbocycles. The lowest BCUT2D eigenvalue weighted by atomic mass is 10.1. The summed E-state index contributed by atoms with van der Waals surface area (Å²) < 4.78 is 29.2. The molecule has 27 heavy (non-hydrogen) atoms. The van der Waals surface area contributed by atoms with Crippen molar-refractivity contribution in [2.45, 2.75) is 30.8 Å². The van der Waals surface area contributed by atoms with E-state index in [9.17, 15) is 13.2 Å². The Morgan fingerprint density at radius 2 is 2.00 bits per heavy atom. The average molecular weight is 384 g/mol. The molecule has 1 aliphatic rings. The standard InChI is InChI=1S/C19H20N4O3S/c1-14(19(24)21-9-4-11-22-12-10-20-13-22)23-16-7-2-5-15-6-3-8-17(18(15)16)27(23,25)26/h2-3,5-8,10,12-14H,4,9,11H2,1H3,(H,21,24)/t14-/m1/s1. The van der Waals surface area contributed by atoms with Crippen molar-refractivity contribution in [1.82, 2.24) is 14.9 Å². The molecule has 1 N–H and O–H groups in total. The van der Waals surface area contributed by atoms with Gasteiger partial charge in [-0.15, -0.1) is 0 Å². The van der Waals surface area contributed by atoms with Crippen LogP contribution < -0.4 is 9.62 Å². The van der Waals surface area contributed by atoms with Crippen molar-refractivity contribution in [3.8, 4) is 0 Å². The third-order valence-electron chi connectivity index (χ3n) is 4.80. The third kappa shape index (κ3) is 2.95. The Morgan fingerprint density at radius 1 is 1.22 bits per heavy atom. The van der Waals surface area contributed by atoms with E-state index in [1.165, 1.54) is 4.31 Å². The molecule has 8 heteroatoms. The SMILES string of the molecule is C[C@H](C(=O)NCCCn1ccnc1)N1c2cccc3cccc(c23)S1(=O)=O. The zero-order valence-electron chi connectivity index (χ0n) is 14.9. The van der Waals surface area contributed by atoms with Gasteiger partial charge in [-0.2, -0.15) is 0 Å². The molecule has 0 saturated heterocycles. The molecule has 1 aliphatic heterocycles. The zero-order chi connectivity index (χ0) is 19.0. The van der Waals surface area contributed by atoms with Crippen molar-refractivity contribution < 1.29 is 13.2 Å². The van der Waals surface area contributed by atoms with E-state index in [-0.39, 0.29) is 10.8 Å². The van der Waals surface area contributed by atoms with E-state index in [0.717, 1.165) is 18.4 Å². The van der Waals surface area contributed by atoms with Crippen molar-refractivity contribution in [2.24, 2.45) is 0 Å². The van der Waals surface area contributed by atoms with Gasteiger partial charge in [-0.25, -0.2) is 13.4 Å². The smallest absolute Gasteiger partial charge is 0.265 e. The molecule has 0 spiro atoms. The van der Waals surface area contributed by atoms with Gasteiger partial charge in [-0.1, -0.05) is 24.3 Å². The maximum Gasteiger partial charge on any atom is 0.265 e. The van der Waals surface area contributed by atoms with Crippen molar-refractivity contribution in [3.63, 3.8) is 0 Å². The molecule has 1 aromatic heterocycles. The van der Waals surface area contributed by atoms with Crippen LogP contribution in [0.3, 0.4) is 0 Å². The molecule has 1 amide bonds. The minimum Gasteiger partial charge on any atom is -0.354 e. The summed E-state index contributed by atoms with van der Waals surface area (Å²) >= 11 is 0. The summed E-state index contributed by atoms with van der Waals surface area (Å²) in [6, 6.07) is 9.80. The fourth-order valence-corrected chi connectivity index (χ4v) is 5.35. The van der Waals surface area contributed by atoms with Gasteiger partial charge in [0.2, 0.25) is 5.91 Å². The molecule has 0 radical (unpaired) electrons. The number of carbonyl (C=O) groups is 1. The summed E-state index contributed by atoms with van der Waals surface area (Å²) in [5.74, 6) is -0.311. The second kappa shape index (κ2) is 6.70. The Bertz CT molecular complexity index is 1090. The van der Waals surface area contributed by atoms with Crippen LogP contribution in [0.2, 0.25) is 0 Å². The van der Waals surface area contributed by atoms with Gasteiger partial charge in [0.05, 0.1) is 16.9 Å². The Hall–Kier alpha value is -2.87. The second-order valence-electron chi connectivity index (χ2n) is 6.55. The lowest BCUT2D eigenvalue weighted by Crippen LogP contribution is -2.47. The quantitative estimate of drug-likeness (QED) is 0.660. The molecule has 0 fully saturated rings. The van der Waals surface area contributed by atoms with Crippen LogP contribution in [0.25, 0.3) is 10.8 Å². The van der Waals surface area contributed by atoms with Crippen LogP contribution in [0.5, 0.6) is 0 Å². The number of nitrogens with zero attached hydrogens (tertiary/aromatic N) is 3. The van der Waals surface area contributed by atoms with Crippen molar-refractivity contribution in [3.05, 3.63) is 55.1 Å². The highest BCUT2D eigenvalue weighted by Crippen LogP contribution is 2.43. The largest absolute Gasteiger partial charge is 0.354 e. The van der Waals surface area contributed by atoms with E-state index in [1.54, 1.807) is 37.6 Å². The highest BCUT2D eigenvalue weighted by Gasteiger charge is 2.40. The highest BCUT2D eigenvalue weighted by molar-refractivity contribution is 7.93. The molecular weight excluding hydrogens is 364 g/mol. The van der Waals surface area contributed by atoms with E-state index < -0.39 is 16.1 Å². The van der Waals surface area contributed by atoms with E-state index >= 15 is 0 Å². The first-order valence-electron chi connectivity index (χ1n) is 8.80. The summed E-state index contributed by atoms with van der Waals surface area (Å²) in [5.41, 5.74) is 0.559. The molecule has 3 aromatic rings. The molecule has 7 nitrogen and oxygen atoms in total. The molecule has 2 aromatic carbocycles. The van der Waals surface area contributed by atoms with E-state index in [0.29, 0.717) is 17.6 Å². The minimum atomic E-state index is -3.75. The maximum absolute atomic E-state index is 13.0. The zero-order valence-corrected chi connectivity index (χ0v) is 15.7. The molecule has 4 rings (SSSR count). The molecule has 2 heterocycles.